The Bertz CT molecular complexity index is 945. The summed E-state index contributed by atoms with van der Waals surface area (Å²) >= 11 is 0. The Kier molecular flexibility index (Phi) is 6.29. The Hall–Kier alpha value is -3.49. The number of benzene rings is 2. The van der Waals surface area contributed by atoms with Gasteiger partial charge in [-0.15, -0.1) is 0 Å². The third-order valence-electron chi connectivity index (χ3n) is 4.75. The summed E-state index contributed by atoms with van der Waals surface area (Å²) in [6, 6.07) is 9.92. The van der Waals surface area contributed by atoms with Crippen molar-refractivity contribution >= 4 is 17.7 Å². The number of rotatable bonds is 8. The van der Waals surface area contributed by atoms with Crippen LogP contribution in [0.3, 0.4) is 0 Å². The highest BCUT2D eigenvalue weighted by atomic mass is 19.3. The number of methoxy groups -OCH3 is 1. The first-order valence-corrected chi connectivity index (χ1v) is 9.19. The highest BCUT2D eigenvalue weighted by molar-refractivity contribution is 6.22. The van der Waals surface area contributed by atoms with Crippen LogP contribution in [0, 0.1) is 0 Å². The van der Waals surface area contributed by atoms with E-state index >= 15 is 0 Å². The molecule has 3 rings (SSSR count). The highest BCUT2D eigenvalue weighted by Gasteiger charge is 2.40. The number of ether oxygens (including phenoxy) is 2. The van der Waals surface area contributed by atoms with Gasteiger partial charge in [0.1, 0.15) is 6.04 Å². The molecular weight excluding hydrogens is 398 g/mol. The number of carbonyl (C=O) groups excluding carboxylic acids is 3. The van der Waals surface area contributed by atoms with Crippen molar-refractivity contribution in [1.29, 1.82) is 0 Å². The average Bonchev–Trinajstić information content (AvgIpc) is 2.98. The lowest BCUT2D eigenvalue weighted by molar-refractivity contribution is -0.124. The van der Waals surface area contributed by atoms with Crippen molar-refractivity contribution in [3.63, 3.8) is 0 Å². The number of amides is 3. The minimum absolute atomic E-state index is 0.0838. The molecule has 0 bridgehead atoms. The number of halogens is 2. The number of carbonyl (C=O) groups is 3. The molecule has 1 aliphatic rings. The summed E-state index contributed by atoms with van der Waals surface area (Å²) in [4.78, 5) is 38.4. The molecule has 1 N–H and O–H groups in total. The minimum Gasteiger partial charge on any atom is -0.493 e. The van der Waals surface area contributed by atoms with E-state index in [4.69, 9.17) is 4.74 Å². The Balaban J connectivity index is 1.59. The van der Waals surface area contributed by atoms with Gasteiger partial charge in [-0.3, -0.25) is 19.3 Å². The maximum atomic E-state index is 12.5. The van der Waals surface area contributed by atoms with E-state index in [0.717, 1.165) is 10.5 Å². The molecule has 0 saturated heterocycles. The van der Waals surface area contributed by atoms with Gasteiger partial charge in [0.2, 0.25) is 5.91 Å². The van der Waals surface area contributed by atoms with E-state index in [9.17, 15) is 23.2 Å². The fraction of sp³-hybridized carbons (Fsp3) is 0.286. The van der Waals surface area contributed by atoms with Gasteiger partial charge in [0.15, 0.2) is 11.5 Å². The fourth-order valence-electron chi connectivity index (χ4n) is 3.22. The van der Waals surface area contributed by atoms with E-state index in [2.05, 4.69) is 10.1 Å². The van der Waals surface area contributed by atoms with Crippen molar-refractivity contribution in [2.45, 2.75) is 26.0 Å². The molecular formula is C21H20F2N2O5. The lowest BCUT2D eigenvalue weighted by atomic mass is 10.1. The third kappa shape index (κ3) is 4.24. The minimum atomic E-state index is -2.97. The largest absolute Gasteiger partial charge is 0.493 e. The number of fused-ring (bicyclic) bond motifs is 1. The summed E-state index contributed by atoms with van der Waals surface area (Å²) in [5.41, 5.74) is 1.28. The molecule has 0 unspecified atom stereocenters. The molecule has 0 saturated carbocycles. The van der Waals surface area contributed by atoms with Crippen LogP contribution in [0.15, 0.2) is 42.5 Å². The van der Waals surface area contributed by atoms with Gasteiger partial charge in [0.25, 0.3) is 11.8 Å². The van der Waals surface area contributed by atoms with Gasteiger partial charge < -0.3 is 14.8 Å². The van der Waals surface area contributed by atoms with Crippen molar-refractivity contribution in [2.24, 2.45) is 0 Å². The van der Waals surface area contributed by atoms with Gasteiger partial charge in [0.05, 0.1) is 18.2 Å². The van der Waals surface area contributed by atoms with Gasteiger partial charge in [-0.25, -0.2) is 0 Å². The van der Waals surface area contributed by atoms with Crippen molar-refractivity contribution in [2.75, 3.05) is 13.7 Å². The Morgan fingerprint density at radius 2 is 1.70 bits per heavy atom. The predicted molar refractivity (Wildman–Crippen MR) is 103 cm³/mol. The first-order valence-electron chi connectivity index (χ1n) is 9.19. The van der Waals surface area contributed by atoms with Gasteiger partial charge in [-0.2, -0.15) is 8.78 Å². The molecule has 0 spiro atoms. The number of hydrogen-bond donors (Lipinski definition) is 1. The molecule has 2 aromatic rings. The van der Waals surface area contributed by atoms with E-state index in [1.165, 1.54) is 26.2 Å². The van der Waals surface area contributed by atoms with Crippen LogP contribution in [-0.2, 0) is 11.2 Å². The van der Waals surface area contributed by atoms with Crippen molar-refractivity contribution in [3.8, 4) is 11.5 Å². The molecule has 2 aromatic carbocycles. The molecule has 0 aliphatic carbocycles. The summed E-state index contributed by atoms with van der Waals surface area (Å²) < 4.78 is 34.2. The maximum Gasteiger partial charge on any atom is 0.387 e. The van der Waals surface area contributed by atoms with Crippen molar-refractivity contribution < 1.29 is 32.6 Å². The fourth-order valence-corrected chi connectivity index (χ4v) is 3.22. The number of nitrogens with zero attached hydrogens (tertiary/aromatic N) is 1. The quantitative estimate of drug-likeness (QED) is 0.667. The first-order chi connectivity index (χ1) is 14.3. The number of imide groups is 1. The Labute approximate surface area is 171 Å². The third-order valence-corrected chi connectivity index (χ3v) is 4.75. The normalized spacial score (nSPS) is 14.0. The van der Waals surface area contributed by atoms with Crippen LogP contribution in [-0.4, -0.2) is 48.9 Å². The molecule has 9 heteroatoms. The first kappa shape index (κ1) is 21.2. The molecule has 30 heavy (non-hydrogen) atoms. The lowest BCUT2D eigenvalue weighted by Crippen LogP contribution is -2.48. The number of nitrogens with one attached hydrogen (secondary N) is 1. The second-order valence-electron chi connectivity index (χ2n) is 6.61. The molecule has 0 fully saturated rings. The molecule has 1 aliphatic heterocycles. The van der Waals surface area contributed by atoms with Crippen LogP contribution in [0.5, 0.6) is 11.5 Å². The lowest BCUT2D eigenvalue weighted by Gasteiger charge is -2.21. The van der Waals surface area contributed by atoms with E-state index in [1.807, 2.05) is 0 Å². The number of alkyl halides is 2. The molecule has 7 nitrogen and oxygen atoms in total. The summed E-state index contributed by atoms with van der Waals surface area (Å²) in [6.07, 6.45) is 0.381. The summed E-state index contributed by atoms with van der Waals surface area (Å²) in [7, 11) is 1.34. The van der Waals surface area contributed by atoms with E-state index in [-0.39, 0.29) is 29.2 Å². The van der Waals surface area contributed by atoms with E-state index in [0.29, 0.717) is 6.42 Å². The number of hydrogen-bond acceptors (Lipinski definition) is 5. The van der Waals surface area contributed by atoms with Crippen LogP contribution < -0.4 is 14.8 Å². The second-order valence-corrected chi connectivity index (χ2v) is 6.61. The van der Waals surface area contributed by atoms with Crippen LogP contribution >= 0.6 is 0 Å². The molecule has 1 atom stereocenters. The standard InChI is InChI=1S/C21H20F2N2O5/c1-12(25-19(27)14-5-3-4-6-15(14)20(25)28)18(26)24-10-9-13-7-8-16(30-21(22)23)17(11-13)29-2/h3-8,11-12,21H,9-10H2,1-2H3,(H,24,26)/t12-/m0/s1. The SMILES string of the molecule is COc1cc(CCNC(=O)[C@H](C)N2C(=O)c3ccccc3C2=O)ccc1OC(F)F. The van der Waals surface area contributed by atoms with Crippen LogP contribution in [0.1, 0.15) is 33.2 Å². The second kappa shape index (κ2) is 8.89. The van der Waals surface area contributed by atoms with Gasteiger partial charge in [-0.05, 0) is 43.2 Å². The zero-order valence-corrected chi connectivity index (χ0v) is 16.4. The van der Waals surface area contributed by atoms with Gasteiger partial charge in [-0.1, -0.05) is 18.2 Å². The van der Waals surface area contributed by atoms with Crippen molar-refractivity contribution in [3.05, 3.63) is 59.2 Å². The van der Waals surface area contributed by atoms with Crippen LogP contribution in [0.4, 0.5) is 8.78 Å². The van der Waals surface area contributed by atoms with Crippen LogP contribution in [0.2, 0.25) is 0 Å². The molecule has 0 aromatic heterocycles. The summed E-state index contributed by atoms with van der Waals surface area (Å²) in [5, 5.41) is 2.68. The average molecular weight is 418 g/mol. The predicted octanol–water partition coefficient (Wildman–Crippen LogP) is 2.64. The Morgan fingerprint density at radius 1 is 1.07 bits per heavy atom. The zero-order chi connectivity index (χ0) is 21.8. The summed E-state index contributed by atoms with van der Waals surface area (Å²) in [6.45, 7) is -1.27. The van der Waals surface area contributed by atoms with E-state index in [1.54, 1.807) is 30.3 Å². The maximum absolute atomic E-state index is 12.5. The summed E-state index contributed by atoms with van der Waals surface area (Å²) in [5.74, 6) is -1.41. The van der Waals surface area contributed by atoms with Gasteiger partial charge in [0, 0.05) is 6.54 Å². The Morgan fingerprint density at radius 3 is 2.27 bits per heavy atom. The monoisotopic (exact) mass is 418 g/mol. The highest BCUT2D eigenvalue weighted by Crippen LogP contribution is 2.29. The zero-order valence-electron chi connectivity index (χ0n) is 16.4. The molecule has 0 radical (unpaired) electrons. The molecule has 1 heterocycles. The molecule has 3 amide bonds. The smallest absolute Gasteiger partial charge is 0.387 e. The van der Waals surface area contributed by atoms with E-state index < -0.39 is 30.4 Å². The molecule has 158 valence electrons. The van der Waals surface area contributed by atoms with Crippen LogP contribution in [0.25, 0.3) is 0 Å². The van der Waals surface area contributed by atoms with Crippen molar-refractivity contribution in [1.82, 2.24) is 10.2 Å². The topological polar surface area (TPSA) is 84.9 Å². The van der Waals surface area contributed by atoms with Gasteiger partial charge >= 0.3 is 6.61 Å².